The first-order valence-corrected chi connectivity index (χ1v) is 10.6. The van der Waals surface area contributed by atoms with Gasteiger partial charge in [0.25, 0.3) is 11.8 Å². The number of nitrogens with zero attached hydrogens (tertiary/aromatic N) is 4. The minimum atomic E-state index is -0.227. The van der Waals surface area contributed by atoms with Gasteiger partial charge in [0.15, 0.2) is 0 Å². The number of hydrogen-bond acceptors (Lipinski definition) is 7. The summed E-state index contributed by atoms with van der Waals surface area (Å²) in [4.78, 5) is 32.1. The predicted molar refractivity (Wildman–Crippen MR) is 113 cm³/mol. The SMILES string of the molecule is O=C(NCc1cnc(-n2ccnn2)s1)c1ccc2c(c1)NC(=O)c1ccccc1S2. The molecule has 0 bridgehead atoms. The number of fused-ring (bicyclic) bond motifs is 2. The van der Waals surface area contributed by atoms with Crippen LogP contribution < -0.4 is 10.6 Å². The fraction of sp³-hybridized carbons (Fsp3) is 0.0500. The number of amides is 2. The summed E-state index contributed by atoms with van der Waals surface area (Å²) in [5.41, 5.74) is 1.72. The summed E-state index contributed by atoms with van der Waals surface area (Å²) in [5.74, 6) is -0.408. The zero-order valence-electron chi connectivity index (χ0n) is 15.4. The number of anilines is 1. The van der Waals surface area contributed by atoms with Crippen LogP contribution in [0.4, 0.5) is 5.69 Å². The number of rotatable bonds is 4. The Hall–Kier alpha value is -3.50. The van der Waals surface area contributed by atoms with Gasteiger partial charge in [0.05, 0.1) is 30.2 Å². The maximum Gasteiger partial charge on any atom is 0.256 e. The van der Waals surface area contributed by atoms with Crippen LogP contribution in [0.25, 0.3) is 5.13 Å². The fourth-order valence-electron chi connectivity index (χ4n) is 2.97. The van der Waals surface area contributed by atoms with Crippen molar-refractivity contribution >= 4 is 40.6 Å². The minimum Gasteiger partial charge on any atom is -0.347 e. The van der Waals surface area contributed by atoms with Crippen LogP contribution in [0.5, 0.6) is 0 Å². The van der Waals surface area contributed by atoms with E-state index in [1.807, 2.05) is 24.3 Å². The van der Waals surface area contributed by atoms with Gasteiger partial charge >= 0.3 is 0 Å². The van der Waals surface area contributed by atoms with Crippen molar-refractivity contribution in [3.63, 3.8) is 0 Å². The molecular weight excluding hydrogens is 420 g/mol. The Morgan fingerprint density at radius 2 is 2.07 bits per heavy atom. The summed E-state index contributed by atoms with van der Waals surface area (Å²) in [6.07, 6.45) is 4.99. The van der Waals surface area contributed by atoms with Crippen molar-refractivity contribution in [1.29, 1.82) is 0 Å². The largest absolute Gasteiger partial charge is 0.347 e. The normalized spacial score (nSPS) is 12.5. The van der Waals surface area contributed by atoms with E-state index in [1.54, 1.807) is 41.5 Å². The van der Waals surface area contributed by atoms with Gasteiger partial charge in [-0.05, 0) is 30.3 Å². The van der Waals surface area contributed by atoms with Gasteiger partial charge in [-0.2, -0.15) is 4.68 Å². The molecule has 0 saturated carbocycles. The number of thiazole rings is 1. The van der Waals surface area contributed by atoms with E-state index in [9.17, 15) is 9.59 Å². The van der Waals surface area contributed by atoms with E-state index in [1.165, 1.54) is 23.1 Å². The van der Waals surface area contributed by atoms with Crippen molar-refractivity contribution in [3.8, 4) is 5.13 Å². The summed E-state index contributed by atoms with van der Waals surface area (Å²) >= 11 is 2.93. The highest BCUT2D eigenvalue weighted by molar-refractivity contribution is 7.99. The average Bonchev–Trinajstić information content (AvgIpc) is 3.43. The predicted octanol–water partition coefficient (Wildman–Crippen LogP) is 3.37. The third-order valence-electron chi connectivity index (χ3n) is 4.42. The zero-order valence-corrected chi connectivity index (χ0v) is 17.0. The molecule has 3 heterocycles. The first kappa shape index (κ1) is 18.5. The maximum atomic E-state index is 12.7. The van der Waals surface area contributed by atoms with Crippen molar-refractivity contribution in [3.05, 3.63) is 77.1 Å². The smallest absolute Gasteiger partial charge is 0.256 e. The first-order valence-electron chi connectivity index (χ1n) is 8.99. The molecule has 2 amide bonds. The molecule has 10 heteroatoms. The second-order valence-corrected chi connectivity index (χ2v) is 8.58. The van der Waals surface area contributed by atoms with Crippen LogP contribution in [-0.2, 0) is 6.54 Å². The molecule has 0 radical (unpaired) electrons. The number of carbonyl (C=O) groups is 2. The lowest BCUT2D eigenvalue weighted by Gasteiger charge is -2.09. The lowest BCUT2D eigenvalue weighted by Crippen LogP contribution is -2.22. The van der Waals surface area contributed by atoms with E-state index in [2.05, 4.69) is 25.9 Å². The third-order valence-corrected chi connectivity index (χ3v) is 6.56. The Labute approximate surface area is 179 Å². The molecular formula is C20H14N6O2S2. The average molecular weight is 435 g/mol. The van der Waals surface area contributed by atoms with Crippen molar-refractivity contribution in [2.24, 2.45) is 0 Å². The molecule has 0 saturated heterocycles. The van der Waals surface area contributed by atoms with E-state index in [4.69, 9.17) is 0 Å². The van der Waals surface area contributed by atoms with Crippen LogP contribution in [0, 0.1) is 0 Å². The molecule has 2 aromatic carbocycles. The minimum absolute atomic E-state index is 0.181. The van der Waals surface area contributed by atoms with Gasteiger partial charge in [0, 0.05) is 26.4 Å². The Morgan fingerprint density at radius 3 is 2.93 bits per heavy atom. The maximum absolute atomic E-state index is 12.7. The summed E-state index contributed by atoms with van der Waals surface area (Å²) < 4.78 is 1.57. The molecule has 8 nitrogen and oxygen atoms in total. The Morgan fingerprint density at radius 1 is 1.17 bits per heavy atom. The molecule has 0 fully saturated rings. The van der Waals surface area contributed by atoms with Gasteiger partial charge in [0.2, 0.25) is 5.13 Å². The molecule has 2 aromatic heterocycles. The zero-order chi connectivity index (χ0) is 20.5. The molecule has 1 aliphatic rings. The van der Waals surface area contributed by atoms with Crippen LogP contribution in [-0.4, -0.2) is 31.8 Å². The summed E-state index contributed by atoms with van der Waals surface area (Å²) in [7, 11) is 0. The Kier molecular flexibility index (Phi) is 4.77. The Bertz CT molecular complexity index is 1250. The second-order valence-electron chi connectivity index (χ2n) is 6.40. The summed E-state index contributed by atoms with van der Waals surface area (Å²) in [6.45, 7) is 0.342. The second kappa shape index (κ2) is 7.73. The summed E-state index contributed by atoms with van der Waals surface area (Å²) in [6, 6.07) is 12.8. The summed E-state index contributed by atoms with van der Waals surface area (Å²) in [5, 5.41) is 14.1. The molecule has 1 aliphatic heterocycles. The van der Waals surface area contributed by atoms with E-state index in [-0.39, 0.29) is 11.8 Å². The molecule has 4 aromatic rings. The number of hydrogen-bond donors (Lipinski definition) is 2. The van der Waals surface area contributed by atoms with Gasteiger partial charge in [-0.1, -0.05) is 40.4 Å². The van der Waals surface area contributed by atoms with Gasteiger partial charge in [-0.25, -0.2) is 4.98 Å². The highest BCUT2D eigenvalue weighted by Gasteiger charge is 2.20. The third kappa shape index (κ3) is 3.58. The Balaban J connectivity index is 1.30. The van der Waals surface area contributed by atoms with E-state index in [0.717, 1.165) is 14.7 Å². The van der Waals surface area contributed by atoms with Crippen LogP contribution in [0.2, 0.25) is 0 Å². The van der Waals surface area contributed by atoms with Gasteiger partial charge in [0.1, 0.15) is 0 Å². The van der Waals surface area contributed by atoms with Crippen LogP contribution in [0.3, 0.4) is 0 Å². The number of benzene rings is 2. The molecule has 0 unspecified atom stereocenters. The lowest BCUT2D eigenvalue weighted by atomic mass is 10.1. The fourth-order valence-corrected chi connectivity index (χ4v) is 4.76. The van der Waals surface area contributed by atoms with E-state index in [0.29, 0.717) is 28.5 Å². The van der Waals surface area contributed by atoms with E-state index >= 15 is 0 Å². The molecule has 2 N–H and O–H groups in total. The first-order chi connectivity index (χ1) is 14.7. The standard InChI is InChI=1S/C20H14N6O2S2/c27-18(21-10-13-11-22-20(29-13)26-8-7-23-25-26)12-5-6-17-15(9-12)24-19(28)14-3-1-2-4-16(14)30-17/h1-9,11H,10H2,(H,21,27)(H,24,28). The van der Waals surface area contributed by atoms with Crippen molar-refractivity contribution in [1.82, 2.24) is 25.3 Å². The quantitative estimate of drug-likeness (QED) is 0.511. The topological polar surface area (TPSA) is 102 Å². The van der Waals surface area contributed by atoms with Crippen molar-refractivity contribution < 1.29 is 9.59 Å². The lowest BCUT2D eigenvalue weighted by molar-refractivity contribution is 0.0949. The van der Waals surface area contributed by atoms with Gasteiger partial charge < -0.3 is 10.6 Å². The number of nitrogens with one attached hydrogen (secondary N) is 2. The number of aromatic nitrogens is 4. The highest BCUT2D eigenvalue weighted by Crippen LogP contribution is 2.39. The molecule has 0 atom stereocenters. The van der Waals surface area contributed by atoms with Gasteiger partial charge in [-0.15, -0.1) is 5.10 Å². The molecule has 148 valence electrons. The van der Waals surface area contributed by atoms with Crippen LogP contribution in [0.1, 0.15) is 25.6 Å². The molecule has 0 spiro atoms. The van der Waals surface area contributed by atoms with Gasteiger partial charge in [-0.3, -0.25) is 9.59 Å². The molecule has 0 aliphatic carbocycles. The van der Waals surface area contributed by atoms with Crippen LogP contribution in [0.15, 0.2) is 70.8 Å². The monoisotopic (exact) mass is 434 g/mol. The van der Waals surface area contributed by atoms with Crippen molar-refractivity contribution in [2.45, 2.75) is 16.3 Å². The molecule has 30 heavy (non-hydrogen) atoms. The molecule has 5 rings (SSSR count). The number of carbonyl (C=O) groups excluding carboxylic acids is 2. The highest BCUT2D eigenvalue weighted by atomic mass is 32.2. The van der Waals surface area contributed by atoms with E-state index < -0.39 is 0 Å². The van der Waals surface area contributed by atoms with Crippen LogP contribution >= 0.6 is 23.1 Å². The van der Waals surface area contributed by atoms with Crippen molar-refractivity contribution in [2.75, 3.05) is 5.32 Å².